The Morgan fingerprint density at radius 2 is 1.88 bits per heavy atom. The first-order valence-electron chi connectivity index (χ1n) is 13.1. The van der Waals surface area contributed by atoms with Crippen molar-refractivity contribution >= 4 is 50.6 Å². The van der Waals surface area contributed by atoms with E-state index in [1.54, 1.807) is 48.0 Å². The molecule has 3 heterocycles. The zero-order valence-corrected chi connectivity index (χ0v) is 23.2. The normalized spacial score (nSPS) is 14.9. The summed E-state index contributed by atoms with van der Waals surface area (Å²) in [5.74, 6) is -1.60. The first kappa shape index (κ1) is 26.9. The largest absolute Gasteiger partial charge is 0.322 e. The van der Waals surface area contributed by atoms with E-state index in [4.69, 9.17) is 4.98 Å². The van der Waals surface area contributed by atoms with Gasteiger partial charge in [-0.15, -0.1) is 11.3 Å². The number of benzene rings is 3. The zero-order valence-electron chi connectivity index (χ0n) is 22.3. The molecule has 0 spiro atoms. The lowest BCUT2D eigenvalue weighted by atomic mass is 10.1. The van der Waals surface area contributed by atoms with Crippen LogP contribution in [0.5, 0.6) is 0 Å². The molecule has 1 aliphatic rings. The van der Waals surface area contributed by atoms with E-state index >= 15 is 0 Å². The number of hydrogen-bond acceptors (Lipinski definition) is 8. The molecule has 2 aromatic heterocycles. The maximum atomic E-state index is 13.7. The van der Waals surface area contributed by atoms with Crippen LogP contribution in [0.3, 0.4) is 0 Å². The molecule has 5 aromatic rings. The van der Waals surface area contributed by atoms with E-state index in [2.05, 4.69) is 11.1 Å². The van der Waals surface area contributed by atoms with Crippen LogP contribution < -0.4 is 4.90 Å². The predicted octanol–water partition coefficient (Wildman–Crippen LogP) is 5.55. The van der Waals surface area contributed by atoms with Gasteiger partial charge in [0, 0.05) is 42.2 Å². The molecule has 0 saturated carbocycles. The van der Waals surface area contributed by atoms with Gasteiger partial charge in [-0.05, 0) is 66.6 Å². The number of imide groups is 1. The van der Waals surface area contributed by atoms with Crippen LogP contribution in [0.1, 0.15) is 27.9 Å². The second-order valence-corrected chi connectivity index (χ2v) is 11.0. The number of rotatable bonds is 7. The van der Waals surface area contributed by atoms with E-state index in [9.17, 15) is 24.5 Å². The Kier molecular flexibility index (Phi) is 7.01. The van der Waals surface area contributed by atoms with Gasteiger partial charge < -0.3 is 4.90 Å². The summed E-state index contributed by atoms with van der Waals surface area (Å²) in [7, 11) is 0. The molecule has 3 amide bonds. The summed E-state index contributed by atoms with van der Waals surface area (Å²) < 4.78 is 1.07. The van der Waals surface area contributed by atoms with Gasteiger partial charge in [0.25, 0.3) is 17.5 Å². The fraction of sp³-hybridized carbons (Fsp3) is 0.129. The topological polar surface area (TPSA) is 127 Å². The van der Waals surface area contributed by atoms with Crippen LogP contribution in [-0.2, 0) is 16.1 Å². The molecule has 0 N–H and O–H groups in total. The van der Waals surface area contributed by atoms with Crippen LogP contribution in [-0.4, -0.2) is 43.6 Å². The Hall–Kier alpha value is -5.29. The van der Waals surface area contributed by atoms with E-state index in [1.165, 1.54) is 29.2 Å². The highest BCUT2D eigenvalue weighted by molar-refractivity contribution is 7.21. The molecule has 3 aromatic carbocycles. The van der Waals surface area contributed by atoms with Crippen LogP contribution in [0.4, 0.5) is 11.4 Å². The standard InChI is InChI=1S/C31H23N5O5S/c1-19-7-12-25-27(14-19)42-29(33-25)21-8-10-23(11-9-21)35-28(37)16-26(31(35)39)34(18-20-4-3-13-32-17-20)30(38)22-5-2-6-24(15-22)36(40)41/h2-15,17,26H,16,18H2,1H3. The van der Waals surface area contributed by atoms with Gasteiger partial charge in [0.2, 0.25) is 5.91 Å². The second-order valence-electron chi connectivity index (χ2n) is 9.93. The summed E-state index contributed by atoms with van der Waals surface area (Å²) in [5.41, 5.74) is 3.73. The molecule has 1 fully saturated rings. The molecule has 1 saturated heterocycles. The van der Waals surface area contributed by atoms with E-state index in [1.807, 2.05) is 31.2 Å². The minimum Gasteiger partial charge on any atom is -0.322 e. The van der Waals surface area contributed by atoms with E-state index in [0.29, 0.717) is 11.3 Å². The maximum absolute atomic E-state index is 13.7. The number of carbonyl (C=O) groups is 3. The highest BCUT2D eigenvalue weighted by Gasteiger charge is 2.44. The number of nitrogens with zero attached hydrogens (tertiary/aromatic N) is 5. The minimum atomic E-state index is -1.10. The van der Waals surface area contributed by atoms with Crippen molar-refractivity contribution in [2.45, 2.75) is 25.9 Å². The molecular weight excluding hydrogens is 554 g/mol. The summed E-state index contributed by atoms with van der Waals surface area (Å²) in [4.78, 5) is 62.6. The fourth-order valence-electron chi connectivity index (χ4n) is 4.97. The fourth-order valence-corrected chi connectivity index (χ4v) is 6.04. The lowest BCUT2D eigenvalue weighted by Crippen LogP contribution is -2.45. The Balaban J connectivity index is 1.29. The van der Waals surface area contributed by atoms with Crippen molar-refractivity contribution in [3.05, 3.63) is 118 Å². The molecule has 6 rings (SSSR count). The Morgan fingerprint density at radius 1 is 1.07 bits per heavy atom. The van der Waals surface area contributed by atoms with Gasteiger partial charge in [-0.1, -0.05) is 18.2 Å². The van der Waals surface area contributed by atoms with Crippen molar-refractivity contribution in [2.24, 2.45) is 0 Å². The number of aryl methyl sites for hydroxylation is 1. The number of nitro benzene ring substituents is 1. The number of aromatic nitrogens is 2. The van der Waals surface area contributed by atoms with Crippen LogP contribution in [0.25, 0.3) is 20.8 Å². The van der Waals surface area contributed by atoms with Gasteiger partial charge in [-0.2, -0.15) is 0 Å². The van der Waals surface area contributed by atoms with Gasteiger partial charge in [0.15, 0.2) is 0 Å². The third kappa shape index (κ3) is 5.13. The molecule has 0 bridgehead atoms. The first-order valence-corrected chi connectivity index (χ1v) is 13.9. The number of anilines is 1. The molecule has 1 aliphatic heterocycles. The zero-order chi connectivity index (χ0) is 29.4. The van der Waals surface area contributed by atoms with Gasteiger partial charge in [-0.3, -0.25) is 29.5 Å². The van der Waals surface area contributed by atoms with Crippen LogP contribution >= 0.6 is 11.3 Å². The van der Waals surface area contributed by atoms with Crippen molar-refractivity contribution in [3.63, 3.8) is 0 Å². The molecule has 1 atom stereocenters. The molecule has 208 valence electrons. The SMILES string of the molecule is Cc1ccc2nc(-c3ccc(N4C(=O)CC(N(Cc5cccnc5)C(=O)c5cccc([N+](=O)[O-])c5)C4=O)cc3)sc2c1. The second kappa shape index (κ2) is 10.9. The average molecular weight is 578 g/mol. The molecule has 0 radical (unpaired) electrons. The number of non-ortho nitro benzene ring substituents is 1. The van der Waals surface area contributed by atoms with Crippen molar-refractivity contribution < 1.29 is 19.3 Å². The minimum absolute atomic E-state index is 0.0110. The number of hydrogen-bond donors (Lipinski definition) is 0. The third-order valence-corrected chi connectivity index (χ3v) is 8.12. The van der Waals surface area contributed by atoms with E-state index < -0.39 is 28.7 Å². The number of fused-ring (bicyclic) bond motifs is 1. The van der Waals surface area contributed by atoms with Crippen LogP contribution in [0, 0.1) is 17.0 Å². The molecule has 1 unspecified atom stereocenters. The lowest BCUT2D eigenvalue weighted by Gasteiger charge is -2.28. The number of amides is 3. The Labute approximate surface area is 244 Å². The van der Waals surface area contributed by atoms with Gasteiger partial charge in [-0.25, -0.2) is 9.88 Å². The maximum Gasteiger partial charge on any atom is 0.270 e. The van der Waals surface area contributed by atoms with Gasteiger partial charge in [0.1, 0.15) is 11.0 Å². The van der Waals surface area contributed by atoms with Crippen molar-refractivity contribution in [1.82, 2.24) is 14.9 Å². The number of pyridine rings is 1. The molecular formula is C31H23N5O5S. The highest BCUT2D eigenvalue weighted by Crippen LogP contribution is 2.33. The van der Waals surface area contributed by atoms with Crippen LogP contribution in [0.2, 0.25) is 0 Å². The first-order chi connectivity index (χ1) is 20.3. The third-order valence-electron chi connectivity index (χ3n) is 7.06. The Morgan fingerprint density at radius 3 is 2.62 bits per heavy atom. The van der Waals surface area contributed by atoms with Crippen molar-refractivity contribution in [1.29, 1.82) is 0 Å². The average Bonchev–Trinajstić information content (AvgIpc) is 3.55. The molecule has 0 aliphatic carbocycles. The molecule has 10 nitrogen and oxygen atoms in total. The summed E-state index contributed by atoms with van der Waals surface area (Å²) in [6, 6.07) is 20.8. The Bertz CT molecular complexity index is 1860. The van der Waals surface area contributed by atoms with Crippen molar-refractivity contribution in [3.8, 4) is 10.6 Å². The van der Waals surface area contributed by atoms with E-state index in [-0.39, 0.29) is 24.2 Å². The summed E-state index contributed by atoms with van der Waals surface area (Å²) in [5, 5.41) is 12.1. The smallest absolute Gasteiger partial charge is 0.270 e. The number of carbonyl (C=O) groups excluding carboxylic acids is 3. The predicted molar refractivity (Wildman–Crippen MR) is 158 cm³/mol. The monoisotopic (exact) mass is 577 g/mol. The van der Waals surface area contributed by atoms with Crippen molar-refractivity contribution in [2.75, 3.05) is 4.90 Å². The number of nitro groups is 1. The van der Waals surface area contributed by atoms with Gasteiger partial charge >= 0.3 is 0 Å². The summed E-state index contributed by atoms with van der Waals surface area (Å²) >= 11 is 1.56. The lowest BCUT2D eigenvalue weighted by molar-refractivity contribution is -0.384. The molecule has 11 heteroatoms. The summed E-state index contributed by atoms with van der Waals surface area (Å²) in [6.07, 6.45) is 2.93. The number of thiazole rings is 1. The van der Waals surface area contributed by atoms with Crippen LogP contribution in [0.15, 0.2) is 91.3 Å². The molecule has 42 heavy (non-hydrogen) atoms. The van der Waals surface area contributed by atoms with E-state index in [0.717, 1.165) is 31.3 Å². The quantitative estimate of drug-likeness (QED) is 0.141. The van der Waals surface area contributed by atoms with Gasteiger partial charge in [0.05, 0.1) is 27.2 Å². The summed E-state index contributed by atoms with van der Waals surface area (Å²) in [6.45, 7) is 2.02. The highest BCUT2D eigenvalue weighted by atomic mass is 32.1.